The summed E-state index contributed by atoms with van der Waals surface area (Å²) in [6.45, 7) is 14.3. The molecule has 9 nitrogen and oxygen atoms in total. The van der Waals surface area contributed by atoms with E-state index in [4.69, 9.17) is 14.4 Å². The van der Waals surface area contributed by atoms with Crippen LogP contribution in [-0.2, 0) is 30.6 Å². The van der Waals surface area contributed by atoms with Crippen molar-refractivity contribution in [1.29, 1.82) is 0 Å². The van der Waals surface area contributed by atoms with Gasteiger partial charge in [0.05, 0.1) is 0 Å². The minimum atomic E-state index is -4.23. The predicted octanol–water partition coefficient (Wildman–Crippen LogP) is 1.58. The van der Waals surface area contributed by atoms with Gasteiger partial charge in [-0.3, -0.25) is 0 Å². The maximum absolute atomic E-state index is 9.31. The average Bonchev–Trinajstić information content (AvgIpc) is 3.14. The van der Waals surface area contributed by atoms with Crippen molar-refractivity contribution in [3.63, 3.8) is 0 Å². The average molecular weight is 667 g/mol. The zero-order chi connectivity index (χ0) is 27.9. The van der Waals surface area contributed by atoms with Crippen molar-refractivity contribution in [1.82, 2.24) is 4.90 Å². The molecule has 0 fully saturated rings. The molecule has 1 heterocycles. The third-order valence-electron chi connectivity index (χ3n) is 4.73. The van der Waals surface area contributed by atoms with Gasteiger partial charge in [0.2, 0.25) is 0 Å². The van der Waals surface area contributed by atoms with E-state index in [9.17, 15) is 14.4 Å². The topological polar surface area (TPSA) is 137 Å². The van der Waals surface area contributed by atoms with Gasteiger partial charge in [0.1, 0.15) is 0 Å². The van der Waals surface area contributed by atoms with Gasteiger partial charge in [0.25, 0.3) is 0 Å². The molecule has 0 amide bonds. The summed E-state index contributed by atoms with van der Waals surface area (Å²) in [6.07, 6.45) is 4.04. The molecule has 0 bridgehead atoms. The number of benzene rings is 2. The standard InChI is InChI=1S/C19H23N2O3Si.C3H12O4Si2.Ag.ClH/c1-14-10-15(2)19(16(3)11-14)21-9-8-20(13-21)12-17-4-6-18(7-5-17)25(22,23)24;1-8(2,3)7-9(4,5)6;;/h4-11,13,22-24H,12H2,1-3H3;4-6H,1-3H3;;1H/q-1;;+1;/p-1. The van der Waals surface area contributed by atoms with Crippen LogP contribution in [0.3, 0.4) is 0 Å². The van der Waals surface area contributed by atoms with Crippen LogP contribution in [0, 0.1) is 27.4 Å². The van der Waals surface area contributed by atoms with Crippen LogP contribution in [0.2, 0.25) is 19.6 Å². The first-order chi connectivity index (χ1) is 16.4. The number of nitrogens with zero attached hydrogens (tertiary/aromatic N) is 2. The molecule has 2 aromatic carbocycles. The van der Waals surface area contributed by atoms with Gasteiger partial charge in [-0.25, -0.2) is 0 Å². The molecule has 0 radical (unpaired) electrons. The number of aryl methyl sites for hydroxylation is 3. The normalized spacial score (nSPS) is 13.8. The van der Waals surface area contributed by atoms with Crippen LogP contribution in [0.15, 0.2) is 48.8 Å². The molecule has 2 aromatic rings. The molecule has 3 rings (SSSR count). The van der Waals surface area contributed by atoms with Crippen molar-refractivity contribution in [2.24, 2.45) is 0 Å². The fraction of sp³-hybridized carbons (Fsp3) is 0.318. The third-order valence-corrected chi connectivity index (χ3v) is 9.39. The van der Waals surface area contributed by atoms with Crippen LogP contribution < -0.4 is 10.1 Å². The number of hydrogen-bond donors (Lipinski definition) is 6. The van der Waals surface area contributed by atoms with E-state index in [1.807, 2.05) is 19.1 Å². The Kier molecular flexibility index (Phi) is 12.7. The molecular weight excluding hydrogens is 632 g/mol. The summed E-state index contributed by atoms with van der Waals surface area (Å²) in [5.74, 6) is 0. The summed E-state index contributed by atoms with van der Waals surface area (Å²) >= 11 is 2.42. The summed E-state index contributed by atoms with van der Waals surface area (Å²) in [6, 6.07) is 11.1. The molecule has 0 saturated heterocycles. The van der Waals surface area contributed by atoms with E-state index >= 15 is 0 Å². The van der Waals surface area contributed by atoms with Crippen LogP contribution in [0.5, 0.6) is 0 Å². The van der Waals surface area contributed by atoms with Gasteiger partial charge in [0.15, 0.2) is 8.32 Å². The molecule has 0 unspecified atom stereocenters. The van der Waals surface area contributed by atoms with E-state index in [0.717, 1.165) is 5.56 Å². The van der Waals surface area contributed by atoms with Gasteiger partial charge < -0.3 is 42.7 Å². The van der Waals surface area contributed by atoms with Gasteiger partial charge in [-0.05, 0) is 69.5 Å². The van der Waals surface area contributed by atoms with Crippen molar-refractivity contribution < 1.29 is 52.9 Å². The molecule has 206 valence electrons. The van der Waals surface area contributed by atoms with E-state index in [1.165, 1.54) is 22.4 Å². The molecule has 0 atom stereocenters. The predicted molar refractivity (Wildman–Crippen MR) is 143 cm³/mol. The first-order valence-corrected chi connectivity index (χ1v) is 19.8. The zero-order valence-corrected chi connectivity index (χ0v) is 26.3. The third kappa shape index (κ3) is 11.7. The fourth-order valence-corrected chi connectivity index (χ4v) is 7.56. The Bertz CT molecular complexity index is 976. The first kappa shape index (κ1) is 33.2. The van der Waals surface area contributed by atoms with Gasteiger partial charge in [-0.2, -0.15) is 6.67 Å². The molecular formula is C22H35AgClN2O7Si3-. The van der Waals surface area contributed by atoms with Crippen molar-refractivity contribution in [2.45, 2.75) is 47.0 Å². The summed E-state index contributed by atoms with van der Waals surface area (Å²) < 4.78 is 4.57. The molecule has 0 saturated carbocycles. The second-order valence-corrected chi connectivity index (χ2v) is 17.4. The van der Waals surface area contributed by atoms with Gasteiger partial charge in [-0.1, -0.05) is 42.0 Å². The maximum atomic E-state index is 9.31. The Morgan fingerprint density at radius 2 is 1.36 bits per heavy atom. The zero-order valence-electron chi connectivity index (χ0n) is 21.1. The SMILES string of the molecule is C[Si](C)(C)O[Si](O)(O)O.Cc1cc(C)c(N2C=CN(Cc3ccc([Si](O)(O)O)cc3)[CH-]2)c(C)c1.[Cl][Ag]. The number of hydrogen-bond acceptors (Lipinski definition) is 9. The van der Waals surface area contributed by atoms with E-state index in [1.54, 1.807) is 43.9 Å². The van der Waals surface area contributed by atoms with Crippen molar-refractivity contribution in [3.8, 4) is 0 Å². The summed E-state index contributed by atoms with van der Waals surface area (Å²) in [5, 5.41) is 0.185. The number of rotatable bonds is 6. The van der Waals surface area contributed by atoms with Crippen LogP contribution in [-0.4, -0.2) is 59.8 Å². The first-order valence-electron chi connectivity index (χ1n) is 10.8. The quantitative estimate of drug-likeness (QED) is 0.201. The van der Waals surface area contributed by atoms with Crippen LogP contribution in [0.25, 0.3) is 0 Å². The Labute approximate surface area is 232 Å². The molecule has 14 heteroatoms. The van der Waals surface area contributed by atoms with E-state index in [-0.39, 0.29) is 5.19 Å². The van der Waals surface area contributed by atoms with Crippen LogP contribution >= 0.6 is 9.19 Å². The van der Waals surface area contributed by atoms with E-state index < -0.39 is 26.2 Å². The summed E-state index contributed by atoms with van der Waals surface area (Å²) in [5.41, 5.74) is 5.94. The minimum absolute atomic E-state index is 0.185. The van der Waals surface area contributed by atoms with Crippen LogP contribution in [0.1, 0.15) is 22.3 Å². The number of anilines is 1. The van der Waals surface area contributed by atoms with E-state index in [0.29, 0.717) is 6.54 Å². The Balaban J connectivity index is 0.000000500. The van der Waals surface area contributed by atoms with Crippen molar-refractivity contribution in [2.75, 3.05) is 4.90 Å². The molecule has 0 spiro atoms. The molecule has 1 aliphatic rings. The summed E-state index contributed by atoms with van der Waals surface area (Å²) in [4.78, 5) is 57.4. The molecule has 36 heavy (non-hydrogen) atoms. The second kappa shape index (κ2) is 13.8. The molecule has 0 aromatic heterocycles. The number of halogens is 1. The Morgan fingerprint density at radius 3 is 1.75 bits per heavy atom. The second-order valence-electron chi connectivity index (χ2n) is 9.36. The van der Waals surface area contributed by atoms with E-state index in [2.05, 4.69) is 76.0 Å². The van der Waals surface area contributed by atoms with Crippen molar-refractivity contribution >= 4 is 46.2 Å². The van der Waals surface area contributed by atoms with Gasteiger partial charge in [-0.15, -0.1) is 0 Å². The van der Waals surface area contributed by atoms with Crippen molar-refractivity contribution in [3.05, 3.63) is 77.7 Å². The Morgan fingerprint density at radius 1 is 0.861 bits per heavy atom. The van der Waals surface area contributed by atoms with Gasteiger partial charge in [0, 0.05) is 17.4 Å². The van der Waals surface area contributed by atoms with Gasteiger partial charge >= 0.3 is 47.0 Å². The monoisotopic (exact) mass is 665 g/mol. The van der Waals surface area contributed by atoms with Crippen LogP contribution in [0.4, 0.5) is 5.69 Å². The fourth-order valence-electron chi connectivity index (χ4n) is 3.66. The Hall–Kier alpha value is -0.819. The molecule has 1 aliphatic heterocycles. The molecule has 6 N–H and O–H groups in total. The molecule has 0 aliphatic carbocycles. The summed E-state index contributed by atoms with van der Waals surface area (Å²) in [7, 11) is -5.98.